The molecular weight excluding hydrogens is 320 g/mol. The molecule has 22 heavy (non-hydrogen) atoms. The van der Waals surface area contributed by atoms with Gasteiger partial charge < -0.3 is 14.6 Å². The highest BCUT2D eigenvalue weighted by atomic mass is 32.1. The van der Waals surface area contributed by atoms with Crippen molar-refractivity contribution in [1.82, 2.24) is 4.40 Å². The van der Waals surface area contributed by atoms with Gasteiger partial charge in [-0.25, -0.2) is 9.18 Å². The summed E-state index contributed by atoms with van der Waals surface area (Å²) in [4.78, 5) is 23.4. The van der Waals surface area contributed by atoms with Crippen LogP contribution >= 0.6 is 11.3 Å². The molecule has 0 saturated carbocycles. The van der Waals surface area contributed by atoms with Gasteiger partial charge in [-0.05, 0) is 6.07 Å². The number of hydrogen-bond acceptors (Lipinski definition) is 5. The van der Waals surface area contributed by atoms with E-state index in [0.717, 1.165) is 11.3 Å². The van der Waals surface area contributed by atoms with Crippen LogP contribution in [0.3, 0.4) is 0 Å². The normalized spacial score (nSPS) is 12.8. The molecule has 2 aromatic heterocycles. The Hall–Kier alpha value is -2.68. The second-order valence-electron chi connectivity index (χ2n) is 4.58. The SMILES string of the molecule is O=C(O)Oc1c(=O)c2cc(F)c(F)c3c2n2c(csc12)CO3. The van der Waals surface area contributed by atoms with Crippen molar-refractivity contribution in [3.8, 4) is 11.5 Å². The summed E-state index contributed by atoms with van der Waals surface area (Å²) in [6.45, 7) is -0.0299. The average Bonchev–Trinajstić information content (AvgIpc) is 2.90. The monoisotopic (exact) mass is 325 g/mol. The van der Waals surface area contributed by atoms with E-state index in [9.17, 15) is 18.4 Å². The van der Waals surface area contributed by atoms with Crippen molar-refractivity contribution in [2.45, 2.75) is 6.61 Å². The Bertz CT molecular complexity index is 1040. The van der Waals surface area contributed by atoms with E-state index in [4.69, 9.17) is 9.84 Å². The van der Waals surface area contributed by atoms with E-state index in [1.807, 2.05) is 0 Å². The van der Waals surface area contributed by atoms with Crippen LogP contribution in [0.4, 0.5) is 13.6 Å². The molecule has 1 aliphatic rings. The number of hydrogen-bond donors (Lipinski definition) is 1. The fraction of sp³-hybridized carbons (Fsp3) is 0.0769. The third-order valence-corrected chi connectivity index (χ3v) is 4.35. The molecule has 112 valence electrons. The van der Waals surface area contributed by atoms with Crippen LogP contribution < -0.4 is 14.9 Å². The number of benzene rings is 1. The Morgan fingerprint density at radius 1 is 1.45 bits per heavy atom. The van der Waals surface area contributed by atoms with Crippen molar-refractivity contribution < 1.29 is 28.2 Å². The Morgan fingerprint density at radius 3 is 2.95 bits per heavy atom. The van der Waals surface area contributed by atoms with Crippen molar-refractivity contribution in [3.63, 3.8) is 0 Å². The van der Waals surface area contributed by atoms with E-state index < -0.39 is 29.0 Å². The Labute approximate surface area is 123 Å². The lowest BCUT2D eigenvalue weighted by atomic mass is 10.1. The molecule has 6 nitrogen and oxygen atoms in total. The molecule has 0 unspecified atom stereocenters. The van der Waals surface area contributed by atoms with Gasteiger partial charge in [0.05, 0.1) is 11.1 Å². The smallest absolute Gasteiger partial charge is 0.482 e. The van der Waals surface area contributed by atoms with E-state index in [2.05, 4.69) is 4.74 Å². The lowest BCUT2D eigenvalue weighted by Crippen LogP contribution is -2.18. The van der Waals surface area contributed by atoms with Gasteiger partial charge in [0.15, 0.2) is 11.6 Å². The van der Waals surface area contributed by atoms with Gasteiger partial charge in [-0.15, -0.1) is 11.3 Å². The molecular formula is C13H5F2NO5S. The van der Waals surface area contributed by atoms with Crippen molar-refractivity contribution in [1.29, 1.82) is 0 Å². The van der Waals surface area contributed by atoms with Crippen LogP contribution in [0.1, 0.15) is 5.69 Å². The minimum Gasteiger partial charge on any atom is -0.482 e. The number of carboxylic acid groups (broad SMARTS) is 1. The molecule has 9 heteroatoms. The van der Waals surface area contributed by atoms with E-state index in [1.54, 1.807) is 5.38 Å². The van der Waals surface area contributed by atoms with E-state index in [-0.39, 0.29) is 28.1 Å². The predicted molar refractivity (Wildman–Crippen MR) is 72.0 cm³/mol. The Balaban J connectivity index is 2.30. The quantitative estimate of drug-likeness (QED) is 0.696. The lowest BCUT2D eigenvalue weighted by Gasteiger charge is -2.19. The summed E-state index contributed by atoms with van der Waals surface area (Å²) in [7, 11) is 0. The van der Waals surface area contributed by atoms with Crippen LogP contribution in [-0.2, 0) is 6.61 Å². The van der Waals surface area contributed by atoms with Gasteiger partial charge in [0.1, 0.15) is 17.0 Å². The highest BCUT2D eigenvalue weighted by Gasteiger charge is 2.28. The molecule has 0 bridgehead atoms. The largest absolute Gasteiger partial charge is 0.511 e. The number of halogens is 2. The van der Waals surface area contributed by atoms with Crippen molar-refractivity contribution in [2.75, 3.05) is 0 Å². The minimum atomic E-state index is -1.66. The maximum absolute atomic E-state index is 13.9. The molecule has 0 saturated heterocycles. The summed E-state index contributed by atoms with van der Waals surface area (Å²) in [5.74, 6) is -3.24. The van der Waals surface area contributed by atoms with Crippen LogP contribution in [0.25, 0.3) is 15.7 Å². The molecule has 3 heterocycles. The number of nitrogens with zero attached hydrogens (tertiary/aromatic N) is 1. The van der Waals surface area contributed by atoms with Gasteiger partial charge in [0.2, 0.25) is 17.0 Å². The fourth-order valence-corrected chi connectivity index (χ4v) is 3.50. The van der Waals surface area contributed by atoms with E-state index in [1.165, 1.54) is 4.40 Å². The van der Waals surface area contributed by atoms with Crippen LogP contribution in [0.5, 0.6) is 11.5 Å². The lowest BCUT2D eigenvalue weighted by molar-refractivity contribution is 0.144. The molecule has 0 spiro atoms. The van der Waals surface area contributed by atoms with Gasteiger partial charge >= 0.3 is 6.16 Å². The summed E-state index contributed by atoms with van der Waals surface area (Å²) < 4.78 is 38.8. The Morgan fingerprint density at radius 2 is 2.23 bits per heavy atom. The molecule has 0 fully saturated rings. The molecule has 0 radical (unpaired) electrons. The minimum absolute atomic E-state index is 0.0299. The summed E-state index contributed by atoms with van der Waals surface area (Å²) >= 11 is 1.06. The molecule has 0 amide bonds. The number of carbonyl (C=O) groups is 1. The van der Waals surface area contributed by atoms with Crippen molar-refractivity contribution in [3.05, 3.63) is 39.0 Å². The fourth-order valence-electron chi connectivity index (χ4n) is 2.52. The zero-order chi connectivity index (χ0) is 15.6. The van der Waals surface area contributed by atoms with Crippen LogP contribution in [0.15, 0.2) is 16.2 Å². The van der Waals surface area contributed by atoms with Crippen LogP contribution in [0, 0.1) is 11.6 Å². The summed E-state index contributed by atoms with van der Waals surface area (Å²) in [5.41, 5.74) is -0.186. The zero-order valence-electron chi connectivity index (χ0n) is 10.6. The average molecular weight is 325 g/mol. The summed E-state index contributed by atoms with van der Waals surface area (Å²) in [6.07, 6.45) is -1.66. The second-order valence-corrected chi connectivity index (χ2v) is 5.44. The highest BCUT2D eigenvalue weighted by Crippen LogP contribution is 2.38. The maximum atomic E-state index is 13.9. The van der Waals surface area contributed by atoms with Crippen LogP contribution in [-0.4, -0.2) is 15.7 Å². The molecule has 0 aliphatic carbocycles. The second kappa shape index (κ2) is 4.17. The first-order valence-corrected chi connectivity index (χ1v) is 6.87. The van der Waals surface area contributed by atoms with Gasteiger partial charge in [-0.3, -0.25) is 9.20 Å². The third-order valence-electron chi connectivity index (χ3n) is 3.37. The first-order valence-electron chi connectivity index (χ1n) is 5.99. The Kier molecular flexibility index (Phi) is 2.46. The number of aromatic nitrogens is 1. The van der Waals surface area contributed by atoms with Gasteiger partial charge in [-0.2, -0.15) is 4.39 Å². The molecule has 1 aromatic carbocycles. The molecule has 1 N–H and O–H groups in total. The first kappa shape index (κ1) is 13.0. The topological polar surface area (TPSA) is 77.2 Å². The predicted octanol–water partition coefficient (Wildman–Crippen LogP) is 2.74. The number of rotatable bonds is 1. The summed E-state index contributed by atoms with van der Waals surface area (Å²) in [6, 6.07) is 0.716. The third kappa shape index (κ3) is 1.51. The first-order chi connectivity index (χ1) is 10.5. The van der Waals surface area contributed by atoms with Gasteiger partial charge in [0.25, 0.3) is 0 Å². The van der Waals surface area contributed by atoms with Crippen LogP contribution in [0.2, 0.25) is 0 Å². The summed E-state index contributed by atoms with van der Waals surface area (Å²) in [5, 5.41) is 10.2. The van der Waals surface area contributed by atoms with E-state index >= 15 is 0 Å². The highest BCUT2D eigenvalue weighted by molar-refractivity contribution is 7.16. The number of pyridine rings is 1. The van der Waals surface area contributed by atoms with Gasteiger partial charge in [0, 0.05) is 5.38 Å². The number of ether oxygens (including phenoxy) is 2. The zero-order valence-corrected chi connectivity index (χ0v) is 11.4. The molecule has 1 aliphatic heterocycles. The number of thiazole rings is 1. The van der Waals surface area contributed by atoms with E-state index in [0.29, 0.717) is 11.8 Å². The molecule has 4 rings (SSSR count). The van der Waals surface area contributed by atoms with Crippen molar-refractivity contribution in [2.24, 2.45) is 0 Å². The molecule has 3 aromatic rings. The molecule has 0 atom stereocenters. The maximum Gasteiger partial charge on any atom is 0.511 e. The van der Waals surface area contributed by atoms with Crippen molar-refractivity contribution >= 4 is 33.2 Å². The standard InChI is InChI=1S/C13H5F2NO5S/c14-6-1-5-8-10(7(6)15)20-2-4-3-22-12(16(4)8)11(9(5)17)21-13(18)19/h1,3H,2H2,(H,18,19). The van der Waals surface area contributed by atoms with Gasteiger partial charge in [-0.1, -0.05) is 0 Å².